The standard InChI is InChI=1S/C16H19ClN2O3S/c17-11-1-2-14-12(9-11)13(5-8-23-14)18-16(22)19-6-3-10(4-7-19)15(20)21/h1-2,9-10,13H,3-8H2,(H,18,22)(H,20,21). The van der Waals surface area contributed by atoms with Crippen LogP contribution in [0.15, 0.2) is 23.1 Å². The first-order valence-corrected chi connectivity index (χ1v) is 9.11. The number of aliphatic carboxylic acids is 1. The van der Waals surface area contributed by atoms with Gasteiger partial charge in [0.25, 0.3) is 0 Å². The Bertz CT molecular complexity index is 617. The predicted octanol–water partition coefficient (Wildman–Crippen LogP) is 3.38. The van der Waals surface area contributed by atoms with E-state index in [4.69, 9.17) is 16.7 Å². The van der Waals surface area contributed by atoms with Crippen LogP contribution in [0.5, 0.6) is 0 Å². The number of carbonyl (C=O) groups is 2. The number of halogens is 1. The Kier molecular flexibility index (Phi) is 5.02. The summed E-state index contributed by atoms with van der Waals surface area (Å²) in [7, 11) is 0. The van der Waals surface area contributed by atoms with Crippen molar-refractivity contribution >= 4 is 35.4 Å². The Hall–Kier alpha value is -1.40. The molecule has 1 fully saturated rings. The van der Waals surface area contributed by atoms with Crippen molar-refractivity contribution in [1.82, 2.24) is 10.2 Å². The first kappa shape index (κ1) is 16.5. The summed E-state index contributed by atoms with van der Waals surface area (Å²) in [4.78, 5) is 26.3. The van der Waals surface area contributed by atoms with Gasteiger partial charge in [-0.3, -0.25) is 4.79 Å². The van der Waals surface area contributed by atoms with Crippen molar-refractivity contribution in [3.63, 3.8) is 0 Å². The molecule has 0 radical (unpaired) electrons. The number of fused-ring (bicyclic) bond motifs is 1. The molecule has 0 aromatic heterocycles. The molecule has 2 heterocycles. The second-order valence-corrected chi connectivity index (χ2v) is 7.49. The molecule has 5 nitrogen and oxygen atoms in total. The first-order valence-electron chi connectivity index (χ1n) is 7.75. The second-order valence-electron chi connectivity index (χ2n) is 5.92. The van der Waals surface area contributed by atoms with Gasteiger partial charge in [-0.05, 0) is 43.0 Å². The number of hydrogen-bond donors (Lipinski definition) is 2. The van der Waals surface area contributed by atoms with E-state index in [0.29, 0.717) is 31.0 Å². The monoisotopic (exact) mass is 354 g/mol. The summed E-state index contributed by atoms with van der Waals surface area (Å²) in [5.74, 6) is -0.136. The number of carbonyl (C=O) groups excluding carboxylic acids is 1. The Balaban J connectivity index is 1.63. The Morgan fingerprint density at radius 3 is 2.70 bits per heavy atom. The molecule has 124 valence electrons. The highest BCUT2D eigenvalue weighted by Crippen LogP contribution is 2.37. The van der Waals surface area contributed by atoms with Crippen LogP contribution in [0.2, 0.25) is 5.02 Å². The van der Waals surface area contributed by atoms with Gasteiger partial charge >= 0.3 is 12.0 Å². The van der Waals surface area contributed by atoms with Gasteiger partial charge in [0.2, 0.25) is 0 Å². The largest absolute Gasteiger partial charge is 0.481 e. The van der Waals surface area contributed by atoms with Gasteiger partial charge in [0, 0.05) is 28.8 Å². The van der Waals surface area contributed by atoms with Crippen LogP contribution in [0, 0.1) is 5.92 Å². The average Bonchev–Trinajstić information content (AvgIpc) is 2.55. The highest BCUT2D eigenvalue weighted by atomic mass is 35.5. The number of nitrogens with zero attached hydrogens (tertiary/aromatic N) is 1. The summed E-state index contributed by atoms with van der Waals surface area (Å²) >= 11 is 7.86. The van der Waals surface area contributed by atoms with Crippen LogP contribution in [0.25, 0.3) is 0 Å². The van der Waals surface area contributed by atoms with E-state index >= 15 is 0 Å². The summed E-state index contributed by atoms with van der Waals surface area (Å²) in [6.45, 7) is 0.985. The zero-order chi connectivity index (χ0) is 16.4. The third-order valence-electron chi connectivity index (χ3n) is 4.44. The number of benzene rings is 1. The average molecular weight is 355 g/mol. The number of likely N-dealkylation sites (tertiary alicyclic amines) is 1. The number of amides is 2. The molecule has 2 amide bonds. The van der Waals surface area contributed by atoms with Gasteiger partial charge in [-0.15, -0.1) is 11.8 Å². The number of rotatable bonds is 2. The van der Waals surface area contributed by atoms with Crippen LogP contribution in [-0.2, 0) is 4.79 Å². The van der Waals surface area contributed by atoms with E-state index in [1.807, 2.05) is 18.2 Å². The third kappa shape index (κ3) is 3.75. The Morgan fingerprint density at radius 2 is 2.00 bits per heavy atom. The molecular weight excluding hydrogens is 336 g/mol. The van der Waals surface area contributed by atoms with E-state index in [1.54, 1.807) is 16.7 Å². The molecule has 1 unspecified atom stereocenters. The minimum absolute atomic E-state index is 0.0327. The van der Waals surface area contributed by atoms with Gasteiger partial charge < -0.3 is 15.3 Å². The molecule has 2 aliphatic heterocycles. The zero-order valence-corrected chi connectivity index (χ0v) is 14.2. The number of piperidine rings is 1. The minimum atomic E-state index is -0.766. The number of hydrogen-bond acceptors (Lipinski definition) is 3. The van der Waals surface area contributed by atoms with Crippen molar-refractivity contribution in [3.8, 4) is 0 Å². The number of carboxylic acids is 1. The number of thioether (sulfide) groups is 1. The van der Waals surface area contributed by atoms with E-state index in [0.717, 1.165) is 22.6 Å². The second kappa shape index (κ2) is 7.01. The molecular formula is C16H19ClN2O3S. The molecule has 7 heteroatoms. The lowest BCUT2D eigenvalue weighted by Gasteiger charge is -2.33. The highest BCUT2D eigenvalue weighted by Gasteiger charge is 2.29. The van der Waals surface area contributed by atoms with Gasteiger partial charge in [-0.25, -0.2) is 4.79 Å². The van der Waals surface area contributed by atoms with Crippen LogP contribution in [-0.4, -0.2) is 40.8 Å². The van der Waals surface area contributed by atoms with Gasteiger partial charge in [0.05, 0.1) is 12.0 Å². The van der Waals surface area contributed by atoms with Crippen molar-refractivity contribution in [1.29, 1.82) is 0 Å². The van der Waals surface area contributed by atoms with Gasteiger partial charge in [0.15, 0.2) is 0 Å². The van der Waals surface area contributed by atoms with Crippen molar-refractivity contribution in [2.75, 3.05) is 18.8 Å². The van der Waals surface area contributed by atoms with Crippen molar-refractivity contribution < 1.29 is 14.7 Å². The Labute approximate surface area is 144 Å². The highest BCUT2D eigenvalue weighted by molar-refractivity contribution is 7.99. The molecule has 0 aliphatic carbocycles. The lowest BCUT2D eigenvalue weighted by molar-refractivity contribution is -0.143. The fraction of sp³-hybridized carbons (Fsp3) is 0.500. The molecule has 0 spiro atoms. The number of carboxylic acid groups (broad SMARTS) is 1. The van der Waals surface area contributed by atoms with E-state index in [-0.39, 0.29) is 18.0 Å². The summed E-state index contributed by atoms with van der Waals surface area (Å²) in [6, 6.07) is 5.64. The lowest BCUT2D eigenvalue weighted by atomic mass is 9.97. The summed E-state index contributed by atoms with van der Waals surface area (Å²) < 4.78 is 0. The van der Waals surface area contributed by atoms with Crippen LogP contribution in [0.4, 0.5) is 4.79 Å². The lowest BCUT2D eigenvalue weighted by Crippen LogP contribution is -2.46. The van der Waals surface area contributed by atoms with E-state index in [9.17, 15) is 9.59 Å². The topological polar surface area (TPSA) is 69.6 Å². The quantitative estimate of drug-likeness (QED) is 0.854. The van der Waals surface area contributed by atoms with Crippen LogP contribution >= 0.6 is 23.4 Å². The molecule has 23 heavy (non-hydrogen) atoms. The van der Waals surface area contributed by atoms with E-state index in [2.05, 4.69) is 5.32 Å². The van der Waals surface area contributed by atoms with Crippen molar-refractivity contribution in [2.45, 2.75) is 30.2 Å². The fourth-order valence-corrected chi connectivity index (χ4v) is 4.37. The molecule has 2 N–H and O–H groups in total. The molecule has 0 bridgehead atoms. The smallest absolute Gasteiger partial charge is 0.317 e. The maximum Gasteiger partial charge on any atom is 0.317 e. The molecule has 1 aromatic carbocycles. The first-order chi connectivity index (χ1) is 11.0. The molecule has 3 rings (SSSR count). The predicted molar refractivity (Wildman–Crippen MR) is 90.0 cm³/mol. The Morgan fingerprint density at radius 1 is 1.26 bits per heavy atom. The van der Waals surface area contributed by atoms with Crippen molar-refractivity contribution in [3.05, 3.63) is 28.8 Å². The molecule has 1 aromatic rings. The maximum absolute atomic E-state index is 12.5. The van der Waals surface area contributed by atoms with Gasteiger partial charge in [-0.2, -0.15) is 0 Å². The van der Waals surface area contributed by atoms with Crippen LogP contribution in [0.1, 0.15) is 30.9 Å². The number of urea groups is 1. The summed E-state index contributed by atoms with van der Waals surface area (Å²) in [5, 5.41) is 12.8. The fourth-order valence-electron chi connectivity index (χ4n) is 3.09. The molecule has 0 saturated carbocycles. The third-order valence-corrected chi connectivity index (χ3v) is 5.80. The van der Waals surface area contributed by atoms with Gasteiger partial charge in [-0.1, -0.05) is 11.6 Å². The SMILES string of the molecule is O=C(O)C1CCN(C(=O)NC2CCSc3ccc(Cl)cc32)CC1. The molecule has 2 aliphatic rings. The summed E-state index contributed by atoms with van der Waals surface area (Å²) in [5.41, 5.74) is 1.07. The number of nitrogens with one attached hydrogen (secondary N) is 1. The molecule has 1 atom stereocenters. The molecule has 1 saturated heterocycles. The van der Waals surface area contributed by atoms with E-state index < -0.39 is 5.97 Å². The zero-order valence-electron chi connectivity index (χ0n) is 12.6. The maximum atomic E-state index is 12.5. The van der Waals surface area contributed by atoms with Gasteiger partial charge in [0.1, 0.15) is 0 Å². The summed E-state index contributed by atoms with van der Waals surface area (Å²) in [6.07, 6.45) is 1.91. The normalized spacial score (nSPS) is 21.6. The minimum Gasteiger partial charge on any atom is -0.481 e. The van der Waals surface area contributed by atoms with E-state index in [1.165, 1.54) is 0 Å². The van der Waals surface area contributed by atoms with Crippen LogP contribution < -0.4 is 5.32 Å². The van der Waals surface area contributed by atoms with Crippen molar-refractivity contribution in [2.24, 2.45) is 5.92 Å². The van der Waals surface area contributed by atoms with Crippen LogP contribution in [0.3, 0.4) is 0 Å².